The van der Waals surface area contributed by atoms with E-state index in [1.54, 1.807) is 7.11 Å². The zero-order chi connectivity index (χ0) is 20.7. The second kappa shape index (κ2) is 7.73. The molecule has 1 amide bonds. The minimum atomic E-state index is 0.0369. The van der Waals surface area contributed by atoms with E-state index in [0.29, 0.717) is 17.9 Å². The average molecular weight is 405 g/mol. The van der Waals surface area contributed by atoms with E-state index in [1.807, 2.05) is 24.3 Å². The molecule has 3 atom stereocenters. The molecule has 1 aliphatic heterocycles. The Hall–Kier alpha value is -2.33. The van der Waals surface area contributed by atoms with Crippen molar-refractivity contribution in [1.82, 2.24) is 4.90 Å². The van der Waals surface area contributed by atoms with Gasteiger partial charge in [-0.25, -0.2) is 0 Å². The number of nitrogens with one attached hydrogen (secondary N) is 1. The van der Waals surface area contributed by atoms with Crippen molar-refractivity contribution in [3.8, 4) is 5.75 Å². The zero-order valence-electron chi connectivity index (χ0n) is 18.1. The predicted octanol–water partition coefficient (Wildman–Crippen LogP) is 4.56. The lowest BCUT2D eigenvalue weighted by Crippen LogP contribution is -2.59. The van der Waals surface area contributed by atoms with Crippen LogP contribution in [0, 0.1) is 5.92 Å². The van der Waals surface area contributed by atoms with Crippen LogP contribution in [0.1, 0.15) is 48.8 Å². The zero-order valence-corrected chi connectivity index (χ0v) is 18.1. The highest BCUT2D eigenvalue weighted by atomic mass is 16.5. The molecule has 0 radical (unpaired) electrons. The summed E-state index contributed by atoms with van der Waals surface area (Å²) in [6.07, 6.45) is 8.13. The molecule has 2 aromatic rings. The lowest BCUT2D eigenvalue weighted by atomic mass is 9.52. The van der Waals surface area contributed by atoms with Gasteiger partial charge in [-0.15, -0.1) is 0 Å². The second-order valence-corrected chi connectivity index (χ2v) is 9.46. The molecule has 1 saturated heterocycles. The quantitative estimate of drug-likeness (QED) is 0.812. The summed E-state index contributed by atoms with van der Waals surface area (Å²) in [5, 5.41) is 3.16. The van der Waals surface area contributed by atoms with E-state index >= 15 is 0 Å². The van der Waals surface area contributed by atoms with E-state index in [9.17, 15) is 4.79 Å². The van der Waals surface area contributed by atoms with Gasteiger partial charge < -0.3 is 15.0 Å². The maximum atomic E-state index is 12.7. The van der Waals surface area contributed by atoms with Crippen molar-refractivity contribution in [2.45, 2.75) is 56.4 Å². The molecular weight excluding hydrogens is 372 g/mol. The molecule has 30 heavy (non-hydrogen) atoms. The van der Waals surface area contributed by atoms with Gasteiger partial charge in [0.15, 0.2) is 0 Å². The van der Waals surface area contributed by atoms with E-state index in [2.05, 4.69) is 35.5 Å². The van der Waals surface area contributed by atoms with Crippen molar-refractivity contribution in [2.75, 3.05) is 26.0 Å². The lowest BCUT2D eigenvalue weighted by Gasteiger charge is -2.58. The molecule has 1 saturated carbocycles. The van der Waals surface area contributed by atoms with Crippen molar-refractivity contribution in [1.29, 1.82) is 0 Å². The highest BCUT2D eigenvalue weighted by Gasteiger charge is 2.53. The fourth-order valence-electron chi connectivity index (χ4n) is 6.41. The second-order valence-electron chi connectivity index (χ2n) is 9.46. The number of carbonyl (C=O) groups excluding carboxylic acids is 1. The van der Waals surface area contributed by atoms with E-state index in [1.165, 1.54) is 49.8 Å². The first-order chi connectivity index (χ1) is 14.6. The highest BCUT2D eigenvalue weighted by molar-refractivity contribution is 5.92. The third kappa shape index (κ3) is 3.31. The Bertz CT molecular complexity index is 939. The molecule has 4 heteroatoms. The smallest absolute Gasteiger partial charge is 0.228 e. The van der Waals surface area contributed by atoms with Gasteiger partial charge in [0, 0.05) is 17.1 Å². The third-order valence-electron chi connectivity index (χ3n) is 7.92. The van der Waals surface area contributed by atoms with Crippen LogP contribution in [-0.4, -0.2) is 37.6 Å². The Morgan fingerprint density at radius 2 is 2.00 bits per heavy atom. The minimum absolute atomic E-state index is 0.0369. The van der Waals surface area contributed by atoms with E-state index < -0.39 is 0 Å². The Morgan fingerprint density at radius 3 is 2.80 bits per heavy atom. The van der Waals surface area contributed by atoms with Crippen LogP contribution in [0.5, 0.6) is 5.75 Å². The Morgan fingerprint density at radius 1 is 1.17 bits per heavy atom. The number of nitrogens with zero attached hydrogens (tertiary/aromatic N) is 1. The van der Waals surface area contributed by atoms with Crippen LogP contribution < -0.4 is 10.1 Å². The number of likely N-dealkylation sites (N-methyl/N-ethyl adjacent to an activating group) is 1. The van der Waals surface area contributed by atoms with Gasteiger partial charge in [0.1, 0.15) is 5.75 Å². The van der Waals surface area contributed by atoms with Gasteiger partial charge in [-0.2, -0.15) is 0 Å². The summed E-state index contributed by atoms with van der Waals surface area (Å²) in [5.74, 6) is 1.61. The van der Waals surface area contributed by atoms with Crippen molar-refractivity contribution >= 4 is 11.6 Å². The molecule has 1 heterocycles. The summed E-state index contributed by atoms with van der Waals surface area (Å²) in [7, 11) is 3.96. The Kier molecular flexibility index (Phi) is 5.06. The molecule has 5 rings (SSSR count). The van der Waals surface area contributed by atoms with Crippen LogP contribution in [0.25, 0.3) is 0 Å². The van der Waals surface area contributed by atoms with Crippen LogP contribution in [-0.2, 0) is 23.1 Å². The Labute approximate surface area is 179 Å². The van der Waals surface area contributed by atoms with Crippen LogP contribution in [0.3, 0.4) is 0 Å². The summed E-state index contributed by atoms with van der Waals surface area (Å²) >= 11 is 0. The molecular formula is C26H32N2O2. The molecule has 2 fully saturated rings. The third-order valence-corrected chi connectivity index (χ3v) is 7.92. The fourth-order valence-corrected chi connectivity index (χ4v) is 6.41. The highest BCUT2D eigenvalue weighted by Crippen LogP contribution is 2.55. The summed E-state index contributed by atoms with van der Waals surface area (Å²) in [5.41, 5.74) is 5.29. The maximum absolute atomic E-state index is 12.7. The molecule has 0 spiro atoms. The first-order valence-corrected chi connectivity index (χ1v) is 11.4. The van der Waals surface area contributed by atoms with E-state index in [0.717, 1.165) is 29.3 Å². The average Bonchev–Trinajstić information content (AvgIpc) is 2.77. The summed E-state index contributed by atoms with van der Waals surface area (Å²) in [6.45, 7) is 1.19. The first kappa shape index (κ1) is 19.6. The monoisotopic (exact) mass is 404 g/mol. The first-order valence-electron chi connectivity index (χ1n) is 11.4. The normalized spacial score (nSPS) is 27.7. The number of fused-ring (bicyclic) bond motifs is 1. The number of benzene rings is 2. The van der Waals surface area contributed by atoms with Crippen molar-refractivity contribution in [2.24, 2.45) is 5.92 Å². The molecule has 158 valence electrons. The molecule has 4 nitrogen and oxygen atoms in total. The van der Waals surface area contributed by atoms with E-state index in [4.69, 9.17) is 4.74 Å². The molecule has 2 aromatic carbocycles. The van der Waals surface area contributed by atoms with Crippen LogP contribution in [0.15, 0.2) is 42.5 Å². The van der Waals surface area contributed by atoms with Crippen molar-refractivity contribution in [3.05, 3.63) is 59.2 Å². The van der Waals surface area contributed by atoms with Crippen LogP contribution in [0.2, 0.25) is 0 Å². The standard InChI is InChI=1S/C26H32N2O2/c1-28-14-13-26-12-4-3-5-22(26)24(28)16-19-8-9-20(17-23(19)26)27-25(29)15-18-6-10-21(30-2)11-7-18/h6-11,17,22,24H,3-5,12-16H2,1-2H3,(H,27,29)/t22-,24+,26+/m0/s1. The predicted molar refractivity (Wildman–Crippen MR) is 120 cm³/mol. The number of likely N-dealkylation sites (tertiary alicyclic amines) is 1. The number of amides is 1. The van der Waals surface area contributed by atoms with Crippen LogP contribution in [0.4, 0.5) is 5.69 Å². The minimum Gasteiger partial charge on any atom is -0.497 e. The molecule has 3 aliphatic rings. The van der Waals surface area contributed by atoms with E-state index in [-0.39, 0.29) is 5.91 Å². The van der Waals surface area contributed by atoms with Gasteiger partial charge in [-0.3, -0.25) is 4.79 Å². The number of methoxy groups -OCH3 is 1. The van der Waals surface area contributed by atoms with Gasteiger partial charge in [0.05, 0.1) is 13.5 Å². The Balaban J connectivity index is 1.38. The number of hydrogen-bond acceptors (Lipinski definition) is 3. The maximum Gasteiger partial charge on any atom is 0.228 e. The number of carbonyl (C=O) groups is 1. The fraction of sp³-hybridized carbons (Fsp3) is 0.500. The number of ether oxygens (including phenoxy) is 1. The summed E-state index contributed by atoms with van der Waals surface area (Å²) in [4.78, 5) is 15.3. The summed E-state index contributed by atoms with van der Waals surface area (Å²) < 4.78 is 5.20. The molecule has 2 aliphatic carbocycles. The van der Waals surface area contributed by atoms with Gasteiger partial charge in [-0.05, 0) is 86.1 Å². The molecule has 0 aromatic heterocycles. The lowest BCUT2D eigenvalue weighted by molar-refractivity contribution is -0.115. The number of rotatable bonds is 4. The van der Waals surface area contributed by atoms with Gasteiger partial charge in [-0.1, -0.05) is 31.0 Å². The van der Waals surface area contributed by atoms with Crippen molar-refractivity contribution < 1.29 is 9.53 Å². The largest absolute Gasteiger partial charge is 0.497 e. The number of piperidine rings is 1. The van der Waals surface area contributed by atoms with Gasteiger partial charge in [0.25, 0.3) is 0 Å². The molecule has 0 unspecified atom stereocenters. The van der Waals surface area contributed by atoms with Crippen LogP contribution >= 0.6 is 0 Å². The molecule has 2 bridgehead atoms. The SMILES string of the molecule is COc1ccc(CC(=O)Nc2ccc3c(c2)[C@@]24CCCC[C@H]2[C@@H](C3)N(C)CC4)cc1. The van der Waals surface area contributed by atoms with Gasteiger partial charge >= 0.3 is 0 Å². The number of hydrogen-bond donors (Lipinski definition) is 1. The van der Waals surface area contributed by atoms with Crippen molar-refractivity contribution in [3.63, 3.8) is 0 Å². The topological polar surface area (TPSA) is 41.6 Å². The number of anilines is 1. The van der Waals surface area contributed by atoms with Gasteiger partial charge in [0.2, 0.25) is 5.91 Å². The molecule has 1 N–H and O–H groups in total. The summed E-state index contributed by atoms with van der Waals surface area (Å²) in [6, 6.07) is 15.1.